The molecule has 4 rings (SSSR count). The molecule has 13 nitrogen and oxygen atoms in total. The smallest absolute Gasteiger partial charge is 0.234 e. The van der Waals surface area contributed by atoms with Crippen LogP contribution in [0, 0.1) is 17.8 Å². The highest BCUT2D eigenvalue weighted by Crippen LogP contribution is 2.53. The Bertz CT molecular complexity index is 1320. The Balaban J connectivity index is 1.85. The third kappa shape index (κ3) is 4.76. The zero-order chi connectivity index (χ0) is 30.5. The highest BCUT2D eigenvalue weighted by molar-refractivity contribution is 6.25. The molecule has 2 fully saturated rings. The maximum Gasteiger partial charge on any atom is 0.234 e. The first-order valence-corrected chi connectivity index (χ1v) is 13.6. The number of rotatable bonds is 8. The number of primary amides is 1. The van der Waals surface area contributed by atoms with E-state index in [1.807, 2.05) is 6.92 Å². The number of aromatic hydroxyl groups is 1. The zero-order valence-corrected chi connectivity index (χ0v) is 23.9. The molecule has 8 N–H and O–H groups in total. The van der Waals surface area contributed by atoms with Gasteiger partial charge in [0.1, 0.15) is 17.4 Å². The molecule has 224 valence electrons. The summed E-state index contributed by atoms with van der Waals surface area (Å²) in [6.45, 7) is 2.48. The van der Waals surface area contributed by atoms with Crippen molar-refractivity contribution in [2.75, 3.05) is 46.2 Å². The van der Waals surface area contributed by atoms with Crippen LogP contribution in [0.25, 0.3) is 5.76 Å². The van der Waals surface area contributed by atoms with Crippen LogP contribution in [0.1, 0.15) is 30.0 Å². The van der Waals surface area contributed by atoms with Crippen molar-refractivity contribution >= 4 is 34.8 Å². The van der Waals surface area contributed by atoms with E-state index < -0.39 is 58.7 Å². The molecule has 0 aliphatic heterocycles. The summed E-state index contributed by atoms with van der Waals surface area (Å²) in [6, 6.07) is 0.744. The number of carbonyl (C=O) groups excluding carboxylic acids is 4. The van der Waals surface area contributed by atoms with Crippen LogP contribution in [-0.2, 0) is 32.1 Å². The Labute approximate surface area is 238 Å². The van der Waals surface area contributed by atoms with E-state index in [4.69, 9.17) is 5.73 Å². The molecule has 6 atom stereocenters. The quantitative estimate of drug-likeness (QED) is 0.177. The van der Waals surface area contributed by atoms with Crippen molar-refractivity contribution in [2.24, 2.45) is 23.5 Å². The monoisotopic (exact) mass is 573 g/mol. The first-order chi connectivity index (χ1) is 19.2. The van der Waals surface area contributed by atoms with Crippen LogP contribution in [0.2, 0.25) is 0 Å². The molecule has 0 aromatic heterocycles. The van der Waals surface area contributed by atoms with E-state index in [0.717, 1.165) is 0 Å². The van der Waals surface area contributed by atoms with Crippen LogP contribution in [-0.4, -0.2) is 108 Å². The molecular formula is C28H39N5O8. The average Bonchev–Trinajstić information content (AvgIpc) is 2.88. The zero-order valence-electron chi connectivity index (χ0n) is 23.9. The normalized spacial score (nSPS) is 29.1. The number of amides is 2. The number of phenolic OH excluding ortho intramolecular Hbond substituents is 1. The molecule has 0 bridgehead atoms. The number of anilines is 1. The minimum Gasteiger partial charge on any atom is -0.507 e. The van der Waals surface area contributed by atoms with Gasteiger partial charge in [0, 0.05) is 49.4 Å². The standard InChI is InChI=1S/C28H39N5O8/c1-6-30-11-17(34)31-10-13-9-16(32(2)3)14-7-12-8-15-21(33(4)5)24(37)20(27(29)40)26(39)28(15,41)25(38)18(12)23(36)19(14)22(13)35/h9,12,15,20-21,24,30,35-37,41H,6-8,10-11H2,1-5H3,(H2,29,40)(H,31,34)/t12-,15-,20?,21?,24?,28-/m1/s1. The lowest BCUT2D eigenvalue weighted by atomic mass is 9.54. The van der Waals surface area contributed by atoms with Gasteiger partial charge in [-0.2, -0.15) is 0 Å². The van der Waals surface area contributed by atoms with E-state index in [9.17, 15) is 39.6 Å². The van der Waals surface area contributed by atoms with Gasteiger partial charge >= 0.3 is 0 Å². The van der Waals surface area contributed by atoms with Crippen molar-refractivity contribution < 1.29 is 39.6 Å². The van der Waals surface area contributed by atoms with Crippen LogP contribution in [0.5, 0.6) is 5.75 Å². The number of hydrogen-bond donors (Lipinski definition) is 7. The average molecular weight is 574 g/mol. The van der Waals surface area contributed by atoms with Gasteiger partial charge in [-0.1, -0.05) is 6.92 Å². The summed E-state index contributed by atoms with van der Waals surface area (Å²) in [5, 5.41) is 51.2. The summed E-state index contributed by atoms with van der Waals surface area (Å²) in [5.41, 5.74) is 3.95. The Morgan fingerprint density at radius 3 is 2.39 bits per heavy atom. The van der Waals surface area contributed by atoms with Crippen LogP contribution in [0.4, 0.5) is 5.69 Å². The number of benzene rings is 1. The van der Waals surface area contributed by atoms with Gasteiger partial charge in [0.05, 0.1) is 18.2 Å². The number of hydrogen-bond acceptors (Lipinski definition) is 11. The van der Waals surface area contributed by atoms with Crippen molar-refractivity contribution in [3.05, 3.63) is 28.3 Å². The molecular weight excluding hydrogens is 534 g/mol. The van der Waals surface area contributed by atoms with Crippen LogP contribution in [0.15, 0.2) is 11.6 Å². The molecule has 41 heavy (non-hydrogen) atoms. The molecule has 13 heteroatoms. The number of nitrogens with zero attached hydrogens (tertiary/aromatic N) is 2. The number of nitrogens with one attached hydrogen (secondary N) is 2. The van der Waals surface area contributed by atoms with Gasteiger partial charge in [-0.25, -0.2) is 0 Å². The number of aliphatic hydroxyl groups is 3. The van der Waals surface area contributed by atoms with Crippen LogP contribution < -0.4 is 21.3 Å². The third-order valence-electron chi connectivity index (χ3n) is 8.64. The highest BCUT2D eigenvalue weighted by atomic mass is 16.3. The predicted molar refractivity (Wildman–Crippen MR) is 149 cm³/mol. The van der Waals surface area contributed by atoms with E-state index >= 15 is 0 Å². The number of likely N-dealkylation sites (N-methyl/N-ethyl adjacent to an activating group) is 2. The van der Waals surface area contributed by atoms with E-state index in [1.54, 1.807) is 44.1 Å². The van der Waals surface area contributed by atoms with Gasteiger partial charge in [-0.15, -0.1) is 0 Å². The summed E-state index contributed by atoms with van der Waals surface area (Å²) in [7, 11) is 6.77. The van der Waals surface area contributed by atoms with Gasteiger partial charge in [0.25, 0.3) is 0 Å². The fourth-order valence-electron chi connectivity index (χ4n) is 6.74. The molecule has 2 saturated carbocycles. The largest absolute Gasteiger partial charge is 0.507 e. The minimum atomic E-state index is -2.72. The lowest BCUT2D eigenvalue weighted by Gasteiger charge is -2.53. The number of nitrogens with two attached hydrogens (primary N) is 1. The second-order valence-corrected chi connectivity index (χ2v) is 11.5. The lowest BCUT2D eigenvalue weighted by molar-refractivity contribution is -0.184. The molecule has 0 radical (unpaired) electrons. The van der Waals surface area contributed by atoms with E-state index in [1.165, 1.54) is 0 Å². The van der Waals surface area contributed by atoms with E-state index in [0.29, 0.717) is 23.4 Å². The summed E-state index contributed by atoms with van der Waals surface area (Å²) >= 11 is 0. The summed E-state index contributed by atoms with van der Waals surface area (Å²) < 4.78 is 0. The molecule has 0 saturated heterocycles. The first-order valence-electron chi connectivity index (χ1n) is 13.6. The summed E-state index contributed by atoms with van der Waals surface area (Å²) in [4.78, 5) is 55.2. The molecule has 0 spiro atoms. The fourth-order valence-corrected chi connectivity index (χ4v) is 6.74. The van der Waals surface area contributed by atoms with E-state index in [2.05, 4.69) is 10.6 Å². The number of ketones is 2. The van der Waals surface area contributed by atoms with Gasteiger partial charge in [-0.05, 0) is 51.0 Å². The Kier molecular flexibility index (Phi) is 8.20. The number of Topliss-reactive ketones (excluding diaryl/α,β-unsaturated/α-hetero) is 2. The van der Waals surface area contributed by atoms with Crippen molar-refractivity contribution in [3.8, 4) is 5.75 Å². The van der Waals surface area contributed by atoms with Gasteiger partial charge in [-0.3, -0.25) is 19.2 Å². The van der Waals surface area contributed by atoms with Gasteiger partial charge < -0.3 is 46.6 Å². The molecule has 0 heterocycles. The second kappa shape index (κ2) is 11.0. The summed E-state index contributed by atoms with van der Waals surface area (Å²) in [5.74, 6) is -8.24. The molecule has 3 aliphatic carbocycles. The summed E-state index contributed by atoms with van der Waals surface area (Å²) in [6.07, 6.45) is -1.33. The minimum absolute atomic E-state index is 0.0207. The van der Waals surface area contributed by atoms with E-state index in [-0.39, 0.29) is 48.7 Å². The Hall–Kier alpha value is -3.52. The van der Waals surface area contributed by atoms with Crippen molar-refractivity contribution in [1.29, 1.82) is 0 Å². The Morgan fingerprint density at radius 1 is 1.17 bits per heavy atom. The topological polar surface area (TPSA) is 206 Å². The predicted octanol–water partition coefficient (Wildman–Crippen LogP) is -1.58. The lowest BCUT2D eigenvalue weighted by Crippen LogP contribution is -2.73. The maximum absolute atomic E-state index is 14.0. The number of fused-ring (bicyclic) bond motifs is 3. The molecule has 3 unspecified atom stereocenters. The first kappa shape index (κ1) is 30.4. The maximum atomic E-state index is 14.0. The van der Waals surface area contributed by atoms with Crippen molar-refractivity contribution in [1.82, 2.24) is 15.5 Å². The van der Waals surface area contributed by atoms with Gasteiger partial charge in [0.15, 0.2) is 11.4 Å². The van der Waals surface area contributed by atoms with Crippen molar-refractivity contribution in [3.63, 3.8) is 0 Å². The number of carbonyl (C=O) groups is 4. The third-order valence-corrected chi connectivity index (χ3v) is 8.64. The number of aliphatic hydroxyl groups excluding tert-OH is 2. The van der Waals surface area contributed by atoms with Crippen molar-refractivity contribution in [2.45, 2.75) is 44.1 Å². The fraction of sp³-hybridized carbons (Fsp3) is 0.571. The second-order valence-electron chi connectivity index (χ2n) is 11.5. The van der Waals surface area contributed by atoms with Crippen LogP contribution in [0.3, 0.4) is 0 Å². The molecule has 2 amide bonds. The van der Waals surface area contributed by atoms with Crippen LogP contribution >= 0.6 is 0 Å². The molecule has 1 aromatic rings. The highest BCUT2D eigenvalue weighted by Gasteiger charge is 2.67. The SMILES string of the molecule is CCNCC(=O)NCc1cc(N(C)C)c2c(c1O)C(O)=C1C(=O)[C@@]3(O)C(=O)C(C(N)=O)C(O)C(N(C)C)[C@H]3C[C@H]1C2. The van der Waals surface area contributed by atoms with Gasteiger partial charge in [0.2, 0.25) is 17.6 Å². The number of phenols is 1. The Morgan fingerprint density at radius 2 is 1.83 bits per heavy atom. The molecule has 1 aromatic carbocycles. The molecule has 3 aliphatic rings.